The molecule has 0 radical (unpaired) electrons. The van der Waals surface area contributed by atoms with Gasteiger partial charge in [0.25, 0.3) is 0 Å². The number of rotatable bonds is 3. The van der Waals surface area contributed by atoms with E-state index < -0.39 is 0 Å². The molecule has 0 heterocycles. The molecule has 0 aliphatic heterocycles. The Kier molecular flexibility index (Phi) is 4.29. The topological polar surface area (TPSA) is 9.23 Å². The maximum absolute atomic E-state index is 5.24. The van der Waals surface area contributed by atoms with Gasteiger partial charge in [0.2, 0.25) is 0 Å². The Morgan fingerprint density at radius 2 is 1.40 bits per heavy atom. The van der Waals surface area contributed by atoms with Crippen LogP contribution in [-0.2, 0) is 0 Å². The Bertz CT molecular complexity index is 571. The van der Waals surface area contributed by atoms with E-state index in [1.54, 1.807) is 7.11 Å². The van der Waals surface area contributed by atoms with Crippen LogP contribution in [0.15, 0.2) is 60.7 Å². The summed E-state index contributed by atoms with van der Waals surface area (Å²) in [5.41, 5.74) is 3.85. The van der Waals surface area contributed by atoms with E-state index in [1.807, 2.05) is 18.2 Å². The van der Waals surface area contributed by atoms with Gasteiger partial charge < -0.3 is 4.74 Å². The van der Waals surface area contributed by atoms with E-state index in [0.29, 0.717) is 0 Å². The molecule has 1 nitrogen and oxygen atoms in total. The third-order valence-electron chi connectivity index (χ3n) is 3.06. The molecule has 0 spiro atoms. The van der Waals surface area contributed by atoms with Gasteiger partial charge in [-0.2, -0.15) is 0 Å². The van der Waals surface area contributed by atoms with E-state index in [0.717, 1.165) is 5.75 Å². The molecule has 0 aromatic heterocycles. The summed E-state index contributed by atoms with van der Waals surface area (Å²) in [6.07, 6.45) is 2.32. The van der Waals surface area contributed by atoms with E-state index >= 15 is 0 Å². The number of methoxy groups -OCH3 is 1. The Hall–Kier alpha value is -2.02. The monoisotopic (exact) mass is 266 g/mol. The van der Waals surface area contributed by atoms with Crippen LogP contribution in [0.1, 0.15) is 31.9 Å². The predicted octanol–water partition coefficient (Wildman–Crippen LogP) is 5.17. The Labute approximate surface area is 121 Å². The van der Waals surface area contributed by atoms with Gasteiger partial charge in [-0.3, -0.25) is 0 Å². The van der Waals surface area contributed by atoms with Gasteiger partial charge in [0.1, 0.15) is 5.75 Å². The first-order valence-electron chi connectivity index (χ1n) is 6.92. The highest BCUT2D eigenvalue weighted by molar-refractivity contribution is 5.80. The van der Waals surface area contributed by atoms with Crippen LogP contribution >= 0.6 is 0 Å². The second-order valence-electron chi connectivity index (χ2n) is 6.02. The van der Waals surface area contributed by atoms with Crippen molar-refractivity contribution in [3.8, 4) is 5.75 Å². The van der Waals surface area contributed by atoms with Gasteiger partial charge in [-0.25, -0.2) is 0 Å². The van der Waals surface area contributed by atoms with E-state index in [9.17, 15) is 0 Å². The molecule has 0 amide bonds. The zero-order chi connectivity index (χ0) is 14.6. The molecule has 0 bridgehead atoms. The van der Waals surface area contributed by atoms with Crippen molar-refractivity contribution in [2.24, 2.45) is 5.41 Å². The SMILES string of the molecule is COc1ccc(/C(=C\C(C)(C)C)c2ccccc2)cc1. The highest BCUT2D eigenvalue weighted by Crippen LogP contribution is 2.30. The van der Waals surface area contributed by atoms with Crippen molar-refractivity contribution in [1.82, 2.24) is 0 Å². The average molecular weight is 266 g/mol. The van der Waals surface area contributed by atoms with Gasteiger partial charge in [0, 0.05) is 0 Å². The minimum atomic E-state index is 0.130. The minimum absolute atomic E-state index is 0.130. The highest BCUT2D eigenvalue weighted by Gasteiger charge is 2.12. The van der Waals surface area contributed by atoms with Crippen LogP contribution in [0, 0.1) is 5.41 Å². The summed E-state index contributed by atoms with van der Waals surface area (Å²) in [5, 5.41) is 0. The minimum Gasteiger partial charge on any atom is -0.497 e. The Morgan fingerprint density at radius 3 is 1.90 bits per heavy atom. The number of hydrogen-bond acceptors (Lipinski definition) is 1. The molecule has 0 atom stereocenters. The first-order chi connectivity index (χ1) is 9.49. The van der Waals surface area contributed by atoms with Crippen LogP contribution in [-0.4, -0.2) is 7.11 Å². The summed E-state index contributed by atoms with van der Waals surface area (Å²) in [5.74, 6) is 0.886. The van der Waals surface area contributed by atoms with Crippen molar-refractivity contribution in [3.63, 3.8) is 0 Å². The lowest BCUT2D eigenvalue weighted by Crippen LogP contribution is -2.02. The smallest absolute Gasteiger partial charge is 0.118 e. The fourth-order valence-electron chi connectivity index (χ4n) is 2.15. The maximum Gasteiger partial charge on any atom is 0.118 e. The average Bonchev–Trinajstić information content (AvgIpc) is 2.45. The summed E-state index contributed by atoms with van der Waals surface area (Å²) in [7, 11) is 1.69. The molecule has 0 saturated carbocycles. The Morgan fingerprint density at radius 1 is 0.850 bits per heavy atom. The fourth-order valence-corrected chi connectivity index (χ4v) is 2.15. The van der Waals surface area contributed by atoms with Gasteiger partial charge in [0.15, 0.2) is 0 Å². The molecule has 0 saturated heterocycles. The number of ether oxygens (including phenoxy) is 1. The van der Waals surface area contributed by atoms with Crippen LogP contribution in [0.4, 0.5) is 0 Å². The molecule has 0 aliphatic carbocycles. The summed E-state index contributed by atoms with van der Waals surface area (Å²) in [4.78, 5) is 0. The molecule has 0 N–H and O–H groups in total. The molecule has 0 unspecified atom stereocenters. The Balaban J connectivity index is 2.49. The van der Waals surface area contributed by atoms with Crippen molar-refractivity contribution in [2.75, 3.05) is 7.11 Å². The van der Waals surface area contributed by atoms with Gasteiger partial charge in [-0.15, -0.1) is 0 Å². The number of benzene rings is 2. The summed E-state index contributed by atoms with van der Waals surface area (Å²) in [6, 6.07) is 18.8. The summed E-state index contributed by atoms with van der Waals surface area (Å²) < 4.78 is 5.24. The molecular formula is C19H22O. The van der Waals surface area contributed by atoms with Crippen molar-refractivity contribution in [2.45, 2.75) is 20.8 Å². The molecule has 20 heavy (non-hydrogen) atoms. The lowest BCUT2D eigenvalue weighted by atomic mass is 9.88. The lowest BCUT2D eigenvalue weighted by Gasteiger charge is -2.17. The van der Waals surface area contributed by atoms with Crippen LogP contribution in [0.3, 0.4) is 0 Å². The molecule has 1 heteroatoms. The zero-order valence-corrected chi connectivity index (χ0v) is 12.7. The van der Waals surface area contributed by atoms with Crippen LogP contribution in [0.5, 0.6) is 5.75 Å². The molecule has 104 valence electrons. The van der Waals surface area contributed by atoms with E-state index in [2.05, 4.69) is 63.2 Å². The second-order valence-corrected chi connectivity index (χ2v) is 6.02. The van der Waals surface area contributed by atoms with Crippen LogP contribution < -0.4 is 4.74 Å². The molecule has 2 aromatic carbocycles. The van der Waals surface area contributed by atoms with Crippen LogP contribution in [0.25, 0.3) is 5.57 Å². The summed E-state index contributed by atoms with van der Waals surface area (Å²) >= 11 is 0. The lowest BCUT2D eigenvalue weighted by molar-refractivity contribution is 0.415. The highest BCUT2D eigenvalue weighted by atomic mass is 16.5. The maximum atomic E-state index is 5.24. The van der Waals surface area contributed by atoms with Crippen molar-refractivity contribution in [1.29, 1.82) is 0 Å². The fraction of sp³-hybridized carbons (Fsp3) is 0.263. The first-order valence-corrected chi connectivity index (χ1v) is 6.92. The molecule has 2 aromatic rings. The van der Waals surface area contributed by atoms with Gasteiger partial charge in [-0.05, 0) is 34.2 Å². The van der Waals surface area contributed by atoms with Gasteiger partial charge in [-0.1, -0.05) is 69.3 Å². The van der Waals surface area contributed by atoms with E-state index in [4.69, 9.17) is 4.74 Å². The number of hydrogen-bond donors (Lipinski definition) is 0. The van der Waals surface area contributed by atoms with Crippen molar-refractivity contribution in [3.05, 3.63) is 71.8 Å². The van der Waals surface area contributed by atoms with Crippen molar-refractivity contribution < 1.29 is 4.74 Å². The molecule has 2 rings (SSSR count). The van der Waals surface area contributed by atoms with Crippen molar-refractivity contribution >= 4 is 5.57 Å². The predicted molar refractivity (Wildman–Crippen MR) is 86.0 cm³/mol. The van der Waals surface area contributed by atoms with Gasteiger partial charge >= 0.3 is 0 Å². The quantitative estimate of drug-likeness (QED) is 0.744. The largest absolute Gasteiger partial charge is 0.497 e. The van der Waals surface area contributed by atoms with E-state index in [1.165, 1.54) is 16.7 Å². The zero-order valence-electron chi connectivity index (χ0n) is 12.7. The van der Waals surface area contributed by atoms with E-state index in [-0.39, 0.29) is 5.41 Å². The standard InChI is InChI=1S/C19H22O/c1-19(2,3)14-18(15-8-6-5-7-9-15)16-10-12-17(20-4)13-11-16/h5-14H,1-4H3/b18-14-. The molecular weight excluding hydrogens is 244 g/mol. The molecule has 0 aliphatic rings. The summed E-state index contributed by atoms with van der Waals surface area (Å²) in [6.45, 7) is 6.67. The second kappa shape index (κ2) is 5.96. The van der Waals surface area contributed by atoms with Gasteiger partial charge in [0.05, 0.1) is 7.11 Å². The third-order valence-corrected chi connectivity index (χ3v) is 3.06. The first kappa shape index (κ1) is 14.4. The third kappa shape index (κ3) is 3.74. The normalized spacial score (nSPS) is 12.3. The number of allylic oxidation sites excluding steroid dienone is 1. The molecule has 0 fully saturated rings. The van der Waals surface area contributed by atoms with Crippen LogP contribution in [0.2, 0.25) is 0 Å².